The van der Waals surface area contributed by atoms with Crippen molar-refractivity contribution in [2.75, 3.05) is 13.2 Å². The number of alkyl carbamates (subject to hydrolysis) is 1. The van der Waals surface area contributed by atoms with Crippen molar-refractivity contribution in [2.24, 2.45) is 5.73 Å². The van der Waals surface area contributed by atoms with Crippen molar-refractivity contribution < 1.29 is 37.0 Å². The number of carbonyl (C=O) groups excluding carboxylic acids is 3. The number of ether oxygens (including phenoxy) is 2. The number of rotatable bonds is 10. The van der Waals surface area contributed by atoms with Gasteiger partial charge in [0.2, 0.25) is 5.95 Å². The van der Waals surface area contributed by atoms with Crippen LogP contribution in [0.4, 0.5) is 18.0 Å². The zero-order chi connectivity index (χ0) is 26.4. The second-order valence-corrected chi connectivity index (χ2v) is 8.32. The Hall–Kier alpha value is -3.63. The highest BCUT2D eigenvalue weighted by molar-refractivity contribution is 5.92. The van der Waals surface area contributed by atoms with Crippen LogP contribution in [-0.4, -0.2) is 41.5 Å². The van der Waals surface area contributed by atoms with Crippen LogP contribution < -0.4 is 15.8 Å². The third-order valence-electron chi connectivity index (χ3n) is 4.12. The molecule has 0 saturated heterocycles. The van der Waals surface area contributed by atoms with Crippen LogP contribution in [0.2, 0.25) is 0 Å². The van der Waals surface area contributed by atoms with Crippen LogP contribution in [0, 0.1) is 17.6 Å². The number of amides is 2. The smallest absolute Gasteiger partial charge is 0.407 e. The normalized spacial score (nSPS) is 10.6. The van der Waals surface area contributed by atoms with Crippen molar-refractivity contribution in [2.45, 2.75) is 52.1 Å². The molecule has 3 N–H and O–H groups in total. The van der Waals surface area contributed by atoms with Gasteiger partial charge in [0.15, 0.2) is 23.2 Å². The minimum absolute atomic E-state index is 0.178. The summed E-state index contributed by atoms with van der Waals surface area (Å²) in [5, 5.41) is 2.63. The Kier molecular flexibility index (Phi) is 12.3. The van der Waals surface area contributed by atoms with E-state index in [0.29, 0.717) is 19.4 Å². The molecule has 2 aromatic rings. The number of para-hydroxylation sites is 1. The van der Waals surface area contributed by atoms with Gasteiger partial charge in [-0.2, -0.15) is 4.39 Å². The maximum absolute atomic E-state index is 13.3. The van der Waals surface area contributed by atoms with E-state index in [0.717, 1.165) is 18.6 Å². The van der Waals surface area contributed by atoms with Gasteiger partial charge in [-0.25, -0.2) is 18.6 Å². The number of unbranched alkanes of at least 4 members (excludes halogenated alkanes) is 2. The molecule has 8 nitrogen and oxygen atoms in total. The predicted octanol–water partition coefficient (Wildman–Crippen LogP) is 4.32. The fourth-order valence-corrected chi connectivity index (χ4v) is 2.54. The van der Waals surface area contributed by atoms with E-state index in [9.17, 15) is 27.6 Å². The topological polar surface area (TPSA) is 121 Å². The monoisotopic (exact) mass is 497 g/mol. The molecule has 0 aliphatic carbocycles. The van der Waals surface area contributed by atoms with E-state index in [-0.39, 0.29) is 24.4 Å². The average molecular weight is 498 g/mol. The lowest BCUT2D eigenvalue weighted by atomic mass is 10.1. The van der Waals surface area contributed by atoms with Gasteiger partial charge in [0, 0.05) is 19.2 Å². The summed E-state index contributed by atoms with van der Waals surface area (Å²) >= 11 is 0. The summed E-state index contributed by atoms with van der Waals surface area (Å²) < 4.78 is 49.1. The Morgan fingerprint density at radius 3 is 2.20 bits per heavy atom. The number of nitrogens with zero attached hydrogens (tertiary/aromatic N) is 1. The highest BCUT2D eigenvalue weighted by Gasteiger charge is 2.15. The number of ketones is 1. The Morgan fingerprint density at radius 1 is 1.00 bits per heavy atom. The molecule has 2 rings (SSSR count). The lowest BCUT2D eigenvalue weighted by Gasteiger charge is -2.19. The number of nitrogens with two attached hydrogens (primary N) is 1. The second kappa shape index (κ2) is 14.6. The summed E-state index contributed by atoms with van der Waals surface area (Å²) in [4.78, 5) is 36.7. The van der Waals surface area contributed by atoms with Gasteiger partial charge >= 0.3 is 6.09 Å². The van der Waals surface area contributed by atoms with Gasteiger partial charge in [0.25, 0.3) is 5.91 Å². The molecule has 35 heavy (non-hydrogen) atoms. The van der Waals surface area contributed by atoms with Crippen molar-refractivity contribution in [3.05, 3.63) is 59.7 Å². The molecule has 0 atom stereocenters. The number of benzene rings is 1. The predicted molar refractivity (Wildman–Crippen MR) is 122 cm³/mol. The fourth-order valence-electron chi connectivity index (χ4n) is 2.54. The first-order valence-electron chi connectivity index (χ1n) is 10.9. The number of pyridine rings is 1. The second-order valence-electron chi connectivity index (χ2n) is 8.32. The summed E-state index contributed by atoms with van der Waals surface area (Å²) in [5.41, 5.74) is 4.08. The van der Waals surface area contributed by atoms with E-state index in [1.807, 2.05) is 0 Å². The van der Waals surface area contributed by atoms with Crippen molar-refractivity contribution in [1.29, 1.82) is 0 Å². The summed E-state index contributed by atoms with van der Waals surface area (Å²) in [6, 6.07) is 6.10. The van der Waals surface area contributed by atoms with E-state index in [1.54, 1.807) is 20.8 Å². The minimum atomic E-state index is -0.832. The number of hydrogen-bond donors (Lipinski definition) is 2. The van der Waals surface area contributed by atoms with Gasteiger partial charge < -0.3 is 20.5 Å². The number of aromatic nitrogens is 1. The third-order valence-corrected chi connectivity index (χ3v) is 4.12. The molecule has 0 spiro atoms. The molecular formula is C24H30F3N3O5. The molecule has 0 unspecified atom stereocenters. The molecule has 1 aromatic carbocycles. The highest BCUT2D eigenvalue weighted by Crippen LogP contribution is 2.20. The first kappa shape index (κ1) is 29.4. The molecule has 11 heteroatoms. The van der Waals surface area contributed by atoms with E-state index in [4.69, 9.17) is 15.2 Å². The summed E-state index contributed by atoms with van der Waals surface area (Å²) in [6.07, 6.45) is 3.08. The standard InChI is InChI=1S/C18H25F2NO4.C6H5FN2O/c1-18(2,3)25-17(23)21-11-6-4-5-8-13(22)12-24-16-14(19)9-7-10-15(16)20;7-5-4(6(8)10)2-1-3-9-5/h7,9-10H,4-6,8,11-12H2,1-3H3,(H,21,23);1-3H,(H2,8,10). The van der Waals surface area contributed by atoms with E-state index in [2.05, 4.69) is 10.3 Å². The van der Waals surface area contributed by atoms with Crippen molar-refractivity contribution >= 4 is 17.8 Å². The lowest BCUT2D eigenvalue weighted by Crippen LogP contribution is -2.33. The molecule has 0 bridgehead atoms. The van der Waals surface area contributed by atoms with Crippen LogP contribution in [0.5, 0.6) is 5.75 Å². The first-order valence-corrected chi connectivity index (χ1v) is 10.9. The molecular weight excluding hydrogens is 467 g/mol. The molecule has 0 fully saturated rings. The number of Topliss-reactive ketones (excluding diaryl/α,β-unsaturated/α-hetero) is 1. The zero-order valence-electron chi connectivity index (χ0n) is 19.9. The lowest BCUT2D eigenvalue weighted by molar-refractivity contribution is -0.121. The zero-order valence-corrected chi connectivity index (χ0v) is 19.9. The first-order chi connectivity index (χ1) is 16.4. The maximum atomic E-state index is 13.3. The Labute approximate surface area is 202 Å². The van der Waals surface area contributed by atoms with Crippen molar-refractivity contribution in [3.8, 4) is 5.75 Å². The molecule has 2 amide bonds. The third kappa shape index (κ3) is 12.4. The number of primary amides is 1. The Bertz CT molecular complexity index is 976. The minimum Gasteiger partial charge on any atom is -0.480 e. The molecule has 0 saturated carbocycles. The van der Waals surface area contributed by atoms with Gasteiger partial charge in [-0.1, -0.05) is 12.5 Å². The maximum Gasteiger partial charge on any atom is 0.407 e. The summed E-state index contributed by atoms with van der Waals surface area (Å²) in [6.45, 7) is 5.45. The summed E-state index contributed by atoms with van der Waals surface area (Å²) in [7, 11) is 0. The van der Waals surface area contributed by atoms with Crippen LogP contribution in [0.15, 0.2) is 36.5 Å². The average Bonchev–Trinajstić information content (AvgIpc) is 2.75. The van der Waals surface area contributed by atoms with Gasteiger partial charge in [-0.15, -0.1) is 0 Å². The molecule has 0 aliphatic rings. The van der Waals surface area contributed by atoms with Crippen LogP contribution in [-0.2, 0) is 9.53 Å². The number of carbonyl (C=O) groups is 3. The SMILES string of the molecule is CC(C)(C)OC(=O)NCCCCCC(=O)COc1c(F)cccc1F.NC(=O)c1cccnc1F. The van der Waals surface area contributed by atoms with Crippen molar-refractivity contribution in [1.82, 2.24) is 10.3 Å². The highest BCUT2D eigenvalue weighted by atomic mass is 19.1. The van der Waals surface area contributed by atoms with Crippen LogP contribution in [0.1, 0.15) is 56.8 Å². The van der Waals surface area contributed by atoms with Gasteiger partial charge in [0.05, 0.1) is 5.56 Å². The molecule has 1 heterocycles. The van der Waals surface area contributed by atoms with E-state index in [1.165, 1.54) is 24.4 Å². The molecule has 0 aliphatic heterocycles. The van der Waals surface area contributed by atoms with Gasteiger partial charge in [-0.05, 0) is 57.9 Å². The van der Waals surface area contributed by atoms with Gasteiger partial charge in [-0.3, -0.25) is 9.59 Å². The Morgan fingerprint density at radius 2 is 1.66 bits per heavy atom. The fraction of sp³-hybridized carbons (Fsp3) is 0.417. The summed E-state index contributed by atoms with van der Waals surface area (Å²) in [5.74, 6) is -4.05. The number of nitrogens with one attached hydrogen (secondary N) is 1. The van der Waals surface area contributed by atoms with E-state index < -0.39 is 40.9 Å². The molecule has 0 radical (unpaired) electrons. The van der Waals surface area contributed by atoms with Crippen LogP contribution in [0.25, 0.3) is 0 Å². The largest absolute Gasteiger partial charge is 0.480 e. The van der Waals surface area contributed by atoms with Crippen LogP contribution in [0.3, 0.4) is 0 Å². The molecule has 192 valence electrons. The number of halogens is 3. The molecule has 1 aromatic heterocycles. The van der Waals surface area contributed by atoms with Gasteiger partial charge in [0.1, 0.15) is 12.2 Å². The van der Waals surface area contributed by atoms with Crippen LogP contribution >= 0.6 is 0 Å². The Balaban J connectivity index is 0.000000507. The number of hydrogen-bond acceptors (Lipinski definition) is 6. The van der Waals surface area contributed by atoms with Crippen molar-refractivity contribution in [3.63, 3.8) is 0 Å². The van der Waals surface area contributed by atoms with E-state index >= 15 is 0 Å². The quantitative estimate of drug-likeness (QED) is 0.373.